The van der Waals surface area contributed by atoms with Crippen molar-refractivity contribution in [2.75, 3.05) is 19.6 Å². The molecule has 2 aliphatic rings. The number of amides is 1. The molecule has 1 unspecified atom stereocenters. The summed E-state index contributed by atoms with van der Waals surface area (Å²) in [5.74, 6) is 0.978. The van der Waals surface area contributed by atoms with Crippen molar-refractivity contribution in [3.63, 3.8) is 0 Å². The number of hydrogen-bond donors (Lipinski definition) is 1. The molecule has 1 aliphatic carbocycles. The summed E-state index contributed by atoms with van der Waals surface area (Å²) in [6.45, 7) is 11.7. The molecule has 1 amide bonds. The van der Waals surface area contributed by atoms with Crippen LogP contribution in [0.5, 0.6) is 0 Å². The minimum absolute atomic E-state index is 0.0692. The number of carbonyl (C=O) groups is 1. The molecule has 0 aromatic heterocycles. The van der Waals surface area contributed by atoms with Crippen LogP contribution in [0.25, 0.3) is 0 Å². The van der Waals surface area contributed by atoms with Gasteiger partial charge in [0.05, 0.1) is 0 Å². The van der Waals surface area contributed by atoms with Gasteiger partial charge in [0, 0.05) is 31.6 Å². The summed E-state index contributed by atoms with van der Waals surface area (Å²) in [5, 5.41) is 3.47. The van der Waals surface area contributed by atoms with Gasteiger partial charge in [0.25, 0.3) is 0 Å². The van der Waals surface area contributed by atoms with Crippen LogP contribution in [-0.2, 0) is 4.79 Å². The van der Waals surface area contributed by atoms with Crippen molar-refractivity contribution in [1.29, 1.82) is 0 Å². The van der Waals surface area contributed by atoms with Crippen LogP contribution in [0.4, 0.5) is 0 Å². The topological polar surface area (TPSA) is 32.3 Å². The SMILES string of the molecule is CC1(C)CCCC(CC(=O)N2CCNC(C)(C)C2)C1. The lowest BCUT2D eigenvalue weighted by Gasteiger charge is -2.40. The summed E-state index contributed by atoms with van der Waals surface area (Å²) in [6, 6.07) is 0. The predicted molar refractivity (Wildman–Crippen MR) is 79.0 cm³/mol. The molecule has 3 nitrogen and oxygen atoms in total. The number of piperazine rings is 1. The first-order valence-electron chi connectivity index (χ1n) is 7.80. The quantitative estimate of drug-likeness (QED) is 0.833. The van der Waals surface area contributed by atoms with E-state index in [1.165, 1.54) is 25.7 Å². The van der Waals surface area contributed by atoms with Gasteiger partial charge in [0.15, 0.2) is 0 Å². The Morgan fingerprint density at radius 1 is 1.32 bits per heavy atom. The van der Waals surface area contributed by atoms with Crippen LogP contribution in [0, 0.1) is 11.3 Å². The van der Waals surface area contributed by atoms with E-state index in [9.17, 15) is 4.79 Å². The third-order valence-corrected chi connectivity index (χ3v) is 4.69. The Morgan fingerprint density at radius 2 is 2.05 bits per heavy atom. The predicted octanol–water partition coefficient (Wildman–Crippen LogP) is 2.80. The Kier molecular flexibility index (Phi) is 4.24. The average molecular weight is 266 g/mol. The van der Waals surface area contributed by atoms with E-state index in [1.54, 1.807) is 0 Å². The highest BCUT2D eigenvalue weighted by molar-refractivity contribution is 5.76. The standard InChI is InChI=1S/C16H30N2O/c1-15(2)7-5-6-13(11-15)10-14(19)18-9-8-17-16(3,4)12-18/h13,17H,5-12H2,1-4H3. The number of nitrogens with zero attached hydrogens (tertiary/aromatic N) is 1. The van der Waals surface area contributed by atoms with Gasteiger partial charge in [0.2, 0.25) is 5.91 Å². The molecule has 1 saturated heterocycles. The molecule has 2 fully saturated rings. The smallest absolute Gasteiger partial charge is 0.222 e. The third kappa shape index (κ3) is 4.20. The van der Waals surface area contributed by atoms with Gasteiger partial charge in [-0.15, -0.1) is 0 Å². The summed E-state index contributed by atoms with van der Waals surface area (Å²) in [7, 11) is 0. The lowest BCUT2D eigenvalue weighted by molar-refractivity contribution is -0.134. The van der Waals surface area contributed by atoms with Crippen molar-refractivity contribution >= 4 is 5.91 Å². The monoisotopic (exact) mass is 266 g/mol. The van der Waals surface area contributed by atoms with Gasteiger partial charge in [-0.05, 0) is 44.4 Å². The van der Waals surface area contributed by atoms with Gasteiger partial charge >= 0.3 is 0 Å². The van der Waals surface area contributed by atoms with Gasteiger partial charge in [-0.3, -0.25) is 4.79 Å². The molecule has 0 aromatic carbocycles. The van der Waals surface area contributed by atoms with Crippen molar-refractivity contribution in [3.05, 3.63) is 0 Å². The van der Waals surface area contributed by atoms with E-state index in [0.29, 0.717) is 17.2 Å². The van der Waals surface area contributed by atoms with Crippen LogP contribution >= 0.6 is 0 Å². The first-order valence-corrected chi connectivity index (χ1v) is 7.80. The summed E-state index contributed by atoms with van der Waals surface area (Å²) in [4.78, 5) is 14.5. The van der Waals surface area contributed by atoms with Gasteiger partial charge in [-0.25, -0.2) is 0 Å². The van der Waals surface area contributed by atoms with Crippen LogP contribution in [0.1, 0.15) is 59.8 Å². The molecule has 2 rings (SSSR count). The minimum atomic E-state index is 0.0692. The van der Waals surface area contributed by atoms with Crippen molar-refractivity contribution < 1.29 is 4.79 Å². The van der Waals surface area contributed by atoms with Crippen LogP contribution in [0.15, 0.2) is 0 Å². The molecule has 0 aromatic rings. The Hall–Kier alpha value is -0.570. The van der Waals surface area contributed by atoms with Crippen molar-refractivity contribution in [2.24, 2.45) is 11.3 Å². The number of rotatable bonds is 2. The molecule has 0 radical (unpaired) electrons. The number of hydrogen-bond acceptors (Lipinski definition) is 2. The minimum Gasteiger partial charge on any atom is -0.340 e. The van der Waals surface area contributed by atoms with Gasteiger partial charge in [-0.1, -0.05) is 20.3 Å². The Labute approximate surface area is 118 Å². The van der Waals surface area contributed by atoms with Crippen molar-refractivity contribution in [2.45, 2.75) is 65.3 Å². The van der Waals surface area contributed by atoms with Crippen LogP contribution in [-0.4, -0.2) is 36.0 Å². The van der Waals surface area contributed by atoms with E-state index in [2.05, 4.69) is 37.9 Å². The van der Waals surface area contributed by atoms with Gasteiger partial charge in [-0.2, -0.15) is 0 Å². The van der Waals surface area contributed by atoms with Crippen molar-refractivity contribution in [1.82, 2.24) is 10.2 Å². The molecular formula is C16H30N2O. The highest BCUT2D eigenvalue weighted by Gasteiger charge is 2.32. The molecule has 110 valence electrons. The summed E-state index contributed by atoms with van der Waals surface area (Å²) < 4.78 is 0. The largest absolute Gasteiger partial charge is 0.340 e. The van der Waals surface area contributed by atoms with Gasteiger partial charge < -0.3 is 10.2 Å². The Morgan fingerprint density at radius 3 is 2.68 bits per heavy atom. The van der Waals surface area contributed by atoms with Crippen LogP contribution in [0.3, 0.4) is 0 Å². The fourth-order valence-corrected chi connectivity index (χ4v) is 3.76. The summed E-state index contributed by atoms with van der Waals surface area (Å²) in [6.07, 6.45) is 5.83. The molecule has 1 aliphatic heterocycles. The zero-order valence-corrected chi connectivity index (χ0v) is 13.1. The summed E-state index contributed by atoms with van der Waals surface area (Å²) >= 11 is 0. The molecular weight excluding hydrogens is 236 g/mol. The normalized spacial score (nSPS) is 30.1. The lowest BCUT2D eigenvalue weighted by Crippen LogP contribution is -2.58. The second kappa shape index (κ2) is 5.43. The van der Waals surface area contributed by atoms with E-state index >= 15 is 0 Å². The fraction of sp³-hybridized carbons (Fsp3) is 0.938. The number of nitrogens with one attached hydrogen (secondary N) is 1. The van der Waals surface area contributed by atoms with E-state index in [1.807, 2.05) is 0 Å². The molecule has 1 N–H and O–H groups in total. The maximum absolute atomic E-state index is 12.5. The Bertz CT molecular complexity index is 336. The zero-order valence-electron chi connectivity index (χ0n) is 13.1. The van der Waals surface area contributed by atoms with Crippen LogP contribution < -0.4 is 5.32 Å². The van der Waals surface area contributed by atoms with E-state index in [0.717, 1.165) is 26.1 Å². The molecule has 1 heterocycles. The molecule has 0 bridgehead atoms. The molecule has 3 heteroatoms. The van der Waals surface area contributed by atoms with E-state index in [-0.39, 0.29) is 5.54 Å². The number of carbonyl (C=O) groups excluding carboxylic acids is 1. The van der Waals surface area contributed by atoms with Gasteiger partial charge in [0.1, 0.15) is 0 Å². The highest BCUT2D eigenvalue weighted by atomic mass is 16.2. The van der Waals surface area contributed by atoms with Crippen LogP contribution in [0.2, 0.25) is 0 Å². The second-order valence-corrected chi connectivity index (χ2v) is 7.96. The molecule has 1 saturated carbocycles. The fourth-order valence-electron chi connectivity index (χ4n) is 3.76. The van der Waals surface area contributed by atoms with E-state index in [4.69, 9.17) is 0 Å². The highest BCUT2D eigenvalue weighted by Crippen LogP contribution is 2.40. The lowest BCUT2D eigenvalue weighted by atomic mass is 9.71. The second-order valence-electron chi connectivity index (χ2n) is 7.96. The molecule has 1 atom stereocenters. The molecule has 0 spiro atoms. The third-order valence-electron chi connectivity index (χ3n) is 4.69. The Balaban J connectivity index is 1.87. The van der Waals surface area contributed by atoms with Crippen molar-refractivity contribution in [3.8, 4) is 0 Å². The average Bonchev–Trinajstić information content (AvgIpc) is 2.26. The summed E-state index contributed by atoms with van der Waals surface area (Å²) in [5.41, 5.74) is 0.506. The molecule has 19 heavy (non-hydrogen) atoms. The maximum Gasteiger partial charge on any atom is 0.222 e. The first kappa shape index (κ1) is 14.8. The zero-order chi connectivity index (χ0) is 14.1. The van der Waals surface area contributed by atoms with E-state index < -0.39 is 0 Å². The maximum atomic E-state index is 12.5. The first-order chi connectivity index (χ1) is 8.77.